The van der Waals surface area contributed by atoms with Gasteiger partial charge in [0.15, 0.2) is 0 Å². The number of nitrogens with zero attached hydrogens (tertiary/aromatic N) is 1. The lowest BCUT2D eigenvalue weighted by molar-refractivity contribution is -0.0317. The van der Waals surface area contributed by atoms with Gasteiger partial charge in [0.25, 0.3) is 0 Å². The van der Waals surface area contributed by atoms with Crippen LogP contribution in [0.25, 0.3) is 0 Å². The predicted octanol–water partition coefficient (Wildman–Crippen LogP) is 1.82. The first-order valence-corrected chi connectivity index (χ1v) is 8.05. The second-order valence-electron chi connectivity index (χ2n) is 6.85. The Kier molecular flexibility index (Phi) is 5.90. The number of amides is 1. The van der Waals surface area contributed by atoms with Crippen LogP contribution < -0.4 is 5.32 Å². The number of carbonyl (C=O) groups is 1. The molecule has 1 aromatic carbocycles. The maximum absolute atomic E-state index is 12.3. The Morgan fingerprint density at radius 2 is 2.17 bits per heavy atom. The third-order valence-corrected chi connectivity index (χ3v) is 3.62. The molecule has 1 aliphatic heterocycles. The summed E-state index contributed by atoms with van der Waals surface area (Å²) in [6, 6.07) is 4.34. The van der Waals surface area contributed by atoms with Gasteiger partial charge < -0.3 is 25.0 Å². The van der Waals surface area contributed by atoms with Crippen LogP contribution in [0.2, 0.25) is 0 Å². The standard InChI is InChI=1S/C17H26N2O5/c1-17(2,3)24-16(22)19-6-7-23-11-13(19)10-18-9-12-4-5-14(20)8-15(12)21/h4-5,8,13,18,20-21H,6-7,9-11H2,1-3H3. The Labute approximate surface area is 142 Å². The van der Waals surface area contributed by atoms with Crippen LogP contribution in [0.1, 0.15) is 26.3 Å². The first kappa shape index (κ1) is 18.4. The van der Waals surface area contributed by atoms with Crippen LogP contribution in [-0.2, 0) is 16.0 Å². The number of rotatable bonds is 4. The van der Waals surface area contributed by atoms with Crippen molar-refractivity contribution in [1.29, 1.82) is 0 Å². The predicted molar refractivity (Wildman–Crippen MR) is 89.0 cm³/mol. The van der Waals surface area contributed by atoms with Crippen LogP contribution in [0.15, 0.2) is 18.2 Å². The number of hydrogen-bond donors (Lipinski definition) is 3. The smallest absolute Gasteiger partial charge is 0.410 e. The van der Waals surface area contributed by atoms with Gasteiger partial charge >= 0.3 is 6.09 Å². The third-order valence-electron chi connectivity index (χ3n) is 3.62. The number of morpholine rings is 1. The number of nitrogens with one attached hydrogen (secondary N) is 1. The molecule has 1 saturated heterocycles. The summed E-state index contributed by atoms with van der Waals surface area (Å²) in [6.07, 6.45) is -0.343. The van der Waals surface area contributed by atoms with Crippen LogP contribution in [0.5, 0.6) is 11.5 Å². The molecule has 0 radical (unpaired) electrons. The van der Waals surface area contributed by atoms with Gasteiger partial charge in [0, 0.05) is 31.3 Å². The summed E-state index contributed by atoms with van der Waals surface area (Å²) in [5.74, 6) is 0.0550. The molecule has 0 spiro atoms. The zero-order valence-electron chi connectivity index (χ0n) is 14.4. The highest BCUT2D eigenvalue weighted by Gasteiger charge is 2.30. The van der Waals surface area contributed by atoms with E-state index in [-0.39, 0.29) is 23.6 Å². The lowest BCUT2D eigenvalue weighted by Crippen LogP contribution is -2.54. The summed E-state index contributed by atoms with van der Waals surface area (Å²) in [4.78, 5) is 14.0. The van der Waals surface area contributed by atoms with E-state index in [0.29, 0.717) is 38.4 Å². The van der Waals surface area contributed by atoms with Gasteiger partial charge in [0.05, 0.1) is 19.3 Å². The molecule has 134 valence electrons. The van der Waals surface area contributed by atoms with Crippen molar-refractivity contribution in [3.63, 3.8) is 0 Å². The molecule has 1 aliphatic rings. The lowest BCUT2D eigenvalue weighted by Gasteiger charge is -2.36. The van der Waals surface area contributed by atoms with Crippen molar-refractivity contribution in [3.8, 4) is 11.5 Å². The topological polar surface area (TPSA) is 91.3 Å². The Balaban J connectivity index is 1.90. The summed E-state index contributed by atoms with van der Waals surface area (Å²) >= 11 is 0. The van der Waals surface area contributed by atoms with E-state index in [1.165, 1.54) is 12.1 Å². The maximum atomic E-state index is 12.3. The quantitative estimate of drug-likeness (QED) is 0.776. The monoisotopic (exact) mass is 338 g/mol. The van der Waals surface area contributed by atoms with E-state index in [2.05, 4.69) is 5.32 Å². The highest BCUT2D eigenvalue weighted by atomic mass is 16.6. The Bertz CT molecular complexity index is 571. The second kappa shape index (κ2) is 7.72. The van der Waals surface area contributed by atoms with Crippen molar-refractivity contribution < 1.29 is 24.5 Å². The Hall–Kier alpha value is -1.99. The van der Waals surface area contributed by atoms with Gasteiger partial charge in [0.2, 0.25) is 0 Å². The van der Waals surface area contributed by atoms with Crippen LogP contribution in [0.4, 0.5) is 4.79 Å². The van der Waals surface area contributed by atoms with Crippen molar-refractivity contribution in [1.82, 2.24) is 10.2 Å². The van der Waals surface area contributed by atoms with Gasteiger partial charge in [-0.25, -0.2) is 4.79 Å². The molecule has 1 amide bonds. The van der Waals surface area contributed by atoms with Crippen LogP contribution in [0.3, 0.4) is 0 Å². The number of phenolic OH excluding ortho intramolecular Hbond substituents is 2. The maximum Gasteiger partial charge on any atom is 0.410 e. The fourth-order valence-electron chi connectivity index (χ4n) is 2.46. The number of phenols is 2. The molecule has 7 heteroatoms. The molecule has 1 atom stereocenters. The molecule has 1 aromatic rings. The van der Waals surface area contributed by atoms with Crippen LogP contribution >= 0.6 is 0 Å². The molecule has 2 rings (SSSR count). The van der Waals surface area contributed by atoms with Crippen molar-refractivity contribution in [2.24, 2.45) is 0 Å². The first-order chi connectivity index (χ1) is 11.3. The molecule has 7 nitrogen and oxygen atoms in total. The zero-order chi connectivity index (χ0) is 17.7. The van der Waals surface area contributed by atoms with Crippen LogP contribution in [0, 0.1) is 0 Å². The van der Waals surface area contributed by atoms with Crippen molar-refractivity contribution in [3.05, 3.63) is 23.8 Å². The molecule has 0 saturated carbocycles. The minimum absolute atomic E-state index is 0.0213. The number of benzene rings is 1. The van der Waals surface area contributed by atoms with Crippen LogP contribution in [-0.4, -0.2) is 59.2 Å². The third kappa shape index (κ3) is 5.28. The van der Waals surface area contributed by atoms with Gasteiger partial charge in [-0.15, -0.1) is 0 Å². The minimum Gasteiger partial charge on any atom is -0.508 e. The molecular weight excluding hydrogens is 312 g/mol. The summed E-state index contributed by atoms with van der Waals surface area (Å²) < 4.78 is 10.9. The molecule has 3 N–H and O–H groups in total. The summed E-state index contributed by atoms with van der Waals surface area (Å²) in [5.41, 5.74) is 0.138. The van der Waals surface area contributed by atoms with E-state index in [9.17, 15) is 15.0 Å². The van der Waals surface area contributed by atoms with Gasteiger partial charge in [-0.1, -0.05) is 6.07 Å². The minimum atomic E-state index is -0.537. The summed E-state index contributed by atoms with van der Waals surface area (Å²) in [7, 11) is 0. The second-order valence-corrected chi connectivity index (χ2v) is 6.85. The molecule has 24 heavy (non-hydrogen) atoms. The molecule has 1 fully saturated rings. The molecular formula is C17H26N2O5. The average Bonchev–Trinajstić information content (AvgIpc) is 2.48. The molecule has 0 aliphatic carbocycles. The van der Waals surface area contributed by atoms with Gasteiger partial charge in [-0.05, 0) is 26.8 Å². The van der Waals surface area contributed by atoms with Gasteiger partial charge in [0.1, 0.15) is 17.1 Å². The molecule has 0 aromatic heterocycles. The fourth-order valence-corrected chi connectivity index (χ4v) is 2.46. The van der Waals surface area contributed by atoms with E-state index >= 15 is 0 Å². The highest BCUT2D eigenvalue weighted by Crippen LogP contribution is 2.22. The first-order valence-electron chi connectivity index (χ1n) is 8.05. The van der Waals surface area contributed by atoms with Crippen molar-refractivity contribution in [2.45, 2.75) is 39.0 Å². The van der Waals surface area contributed by atoms with E-state index < -0.39 is 5.60 Å². The molecule has 1 heterocycles. The number of carbonyl (C=O) groups excluding carboxylic acids is 1. The van der Waals surface area contributed by atoms with Crippen molar-refractivity contribution >= 4 is 6.09 Å². The molecule has 0 bridgehead atoms. The lowest BCUT2D eigenvalue weighted by atomic mass is 10.1. The van der Waals surface area contributed by atoms with E-state index in [0.717, 1.165) is 0 Å². The SMILES string of the molecule is CC(C)(C)OC(=O)N1CCOCC1CNCc1ccc(O)cc1O. The van der Waals surface area contributed by atoms with E-state index in [1.54, 1.807) is 11.0 Å². The molecule has 1 unspecified atom stereocenters. The zero-order valence-corrected chi connectivity index (χ0v) is 14.4. The average molecular weight is 338 g/mol. The van der Waals surface area contributed by atoms with Crippen molar-refractivity contribution in [2.75, 3.05) is 26.3 Å². The summed E-state index contributed by atoms with van der Waals surface area (Å²) in [6.45, 7) is 7.88. The van der Waals surface area contributed by atoms with E-state index in [4.69, 9.17) is 9.47 Å². The summed E-state index contributed by atoms with van der Waals surface area (Å²) in [5, 5.41) is 22.3. The number of hydrogen-bond acceptors (Lipinski definition) is 6. The highest BCUT2D eigenvalue weighted by molar-refractivity contribution is 5.68. The fraction of sp³-hybridized carbons (Fsp3) is 0.588. The number of ether oxygens (including phenoxy) is 2. The normalized spacial score (nSPS) is 18.5. The van der Waals surface area contributed by atoms with Gasteiger partial charge in [-0.2, -0.15) is 0 Å². The Morgan fingerprint density at radius 3 is 2.83 bits per heavy atom. The largest absolute Gasteiger partial charge is 0.508 e. The Morgan fingerprint density at radius 1 is 1.42 bits per heavy atom. The van der Waals surface area contributed by atoms with E-state index in [1.807, 2.05) is 20.8 Å². The van der Waals surface area contributed by atoms with Gasteiger partial charge in [-0.3, -0.25) is 4.90 Å². The number of aromatic hydroxyl groups is 2.